The van der Waals surface area contributed by atoms with E-state index in [1.54, 1.807) is 0 Å². The van der Waals surface area contributed by atoms with Gasteiger partial charge in [-0.05, 0) is 53.9 Å². The lowest BCUT2D eigenvalue weighted by atomic mass is 9.77. The highest BCUT2D eigenvalue weighted by Crippen LogP contribution is 2.34. The summed E-state index contributed by atoms with van der Waals surface area (Å²) < 4.78 is 6.25. The van der Waals surface area contributed by atoms with Gasteiger partial charge in [0, 0.05) is 12.0 Å². The molecule has 0 saturated carbocycles. The van der Waals surface area contributed by atoms with E-state index in [0.29, 0.717) is 5.92 Å². The fourth-order valence-electron chi connectivity index (χ4n) is 3.49. The molecule has 1 nitrogen and oxygen atoms in total. The van der Waals surface area contributed by atoms with E-state index >= 15 is 0 Å². The number of allylic oxidation sites excluding steroid dienone is 1. The lowest BCUT2D eigenvalue weighted by Crippen LogP contribution is -2.25. The summed E-state index contributed by atoms with van der Waals surface area (Å²) in [5.41, 5.74) is 5.03. The monoisotopic (exact) mass is 392 g/mol. The Balaban J connectivity index is 2.14. The van der Waals surface area contributed by atoms with Crippen molar-refractivity contribution in [2.75, 3.05) is 6.61 Å². The molecule has 0 unspecified atom stereocenters. The Morgan fingerprint density at radius 2 is 1.24 bits per heavy atom. The molecule has 2 rings (SSSR count). The van der Waals surface area contributed by atoms with E-state index in [2.05, 4.69) is 110 Å². The van der Waals surface area contributed by atoms with Gasteiger partial charge < -0.3 is 4.74 Å². The zero-order valence-electron chi connectivity index (χ0n) is 19.8. The summed E-state index contributed by atoms with van der Waals surface area (Å²) in [5.74, 6) is 0.561. The second-order valence-electron chi connectivity index (χ2n) is 10.3. The van der Waals surface area contributed by atoms with Crippen LogP contribution in [0, 0.1) is 5.41 Å². The minimum absolute atomic E-state index is 0.0347. The van der Waals surface area contributed by atoms with Gasteiger partial charge in [0.2, 0.25) is 0 Å². The molecular formula is C28H40O. The smallest absolute Gasteiger partial charge is 0.0875 e. The Kier molecular flexibility index (Phi) is 7.17. The van der Waals surface area contributed by atoms with Crippen LogP contribution in [0.1, 0.15) is 90.0 Å². The predicted octanol–water partition coefficient (Wildman–Crippen LogP) is 7.99. The van der Waals surface area contributed by atoms with E-state index in [-0.39, 0.29) is 16.4 Å². The van der Waals surface area contributed by atoms with Gasteiger partial charge in [-0.2, -0.15) is 0 Å². The molecule has 0 radical (unpaired) electrons. The van der Waals surface area contributed by atoms with Crippen molar-refractivity contribution in [2.45, 2.75) is 78.7 Å². The topological polar surface area (TPSA) is 9.23 Å². The molecule has 0 atom stereocenters. The second-order valence-corrected chi connectivity index (χ2v) is 10.3. The van der Waals surface area contributed by atoms with Crippen molar-refractivity contribution in [3.05, 3.63) is 83.4 Å². The Labute approximate surface area is 179 Å². The lowest BCUT2D eigenvalue weighted by molar-refractivity contribution is -0.0299. The van der Waals surface area contributed by atoms with E-state index in [0.717, 1.165) is 13.0 Å². The molecule has 1 heteroatoms. The lowest BCUT2D eigenvalue weighted by Gasteiger charge is -2.30. The molecule has 0 heterocycles. The molecule has 0 N–H and O–H groups in total. The van der Waals surface area contributed by atoms with Crippen LogP contribution in [-0.2, 0) is 15.8 Å². The number of rotatable bonds is 9. The van der Waals surface area contributed by atoms with Crippen LogP contribution in [0.5, 0.6) is 0 Å². The average Bonchev–Trinajstić information content (AvgIpc) is 2.68. The minimum atomic E-state index is -0.307. The Bertz CT molecular complexity index is 789. The van der Waals surface area contributed by atoms with Gasteiger partial charge >= 0.3 is 0 Å². The molecule has 0 spiro atoms. The molecule has 2 aromatic rings. The van der Waals surface area contributed by atoms with Crippen LogP contribution in [0.15, 0.2) is 61.2 Å². The number of hydrogen-bond acceptors (Lipinski definition) is 1. The number of ether oxygens (including phenoxy) is 1. The third-order valence-electron chi connectivity index (χ3n) is 6.36. The summed E-state index contributed by atoms with van der Waals surface area (Å²) in [6.07, 6.45) is 2.98. The molecule has 29 heavy (non-hydrogen) atoms. The molecule has 0 amide bonds. The van der Waals surface area contributed by atoms with Crippen LogP contribution in [0.2, 0.25) is 0 Å². The Morgan fingerprint density at radius 3 is 1.69 bits per heavy atom. The number of benzene rings is 2. The van der Waals surface area contributed by atoms with Crippen LogP contribution in [-0.4, -0.2) is 6.61 Å². The molecule has 0 aliphatic carbocycles. The first-order chi connectivity index (χ1) is 13.4. The largest absolute Gasteiger partial charge is 0.371 e. The van der Waals surface area contributed by atoms with Gasteiger partial charge in [0.05, 0.1) is 5.60 Å². The second kappa shape index (κ2) is 8.88. The normalized spacial score (nSPS) is 13.0. The molecule has 158 valence electrons. The van der Waals surface area contributed by atoms with Crippen molar-refractivity contribution in [3.8, 4) is 0 Å². The van der Waals surface area contributed by atoms with E-state index in [1.807, 2.05) is 6.08 Å². The summed E-state index contributed by atoms with van der Waals surface area (Å²) in [7, 11) is 0. The molecular weight excluding hydrogens is 352 g/mol. The van der Waals surface area contributed by atoms with Gasteiger partial charge in [-0.1, -0.05) is 96.1 Å². The van der Waals surface area contributed by atoms with Crippen molar-refractivity contribution in [2.24, 2.45) is 5.41 Å². The quantitative estimate of drug-likeness (QED) is 0.393. The third-order valence-corrected chi connectivity index (χ3v) is 6.36. The summed E-state index contributed by atoms with van der Waals surface area (Å²) >= 11 is 0. The van der Waals surface area contributed by atoms with Crippen LogP contribution < -0.4 is 0 Å². The predicted molar refractivity (Wildman–Crippen MR) is 127 cm³/mol. The maximum atomic E-state index is 6.25. The van der Waals surface area contributed by atoms with Crippen molar-refractivity contribution >= 4 is 0 Å². The SMILES string of the molecule is C=CC(C)(C)CCOC(C)(C)c1ccc(C(C)(C)c2ccc(C(C)C)cc2)cc1. The first kappa shape index (κ1) is 23.4. The van der Waals surface area contributed by atoms with E-state index in [1.165, 1.54) is 22.3 Å². The van der Waals surface area contributed by atoms with Crippen LogP contribution in [0.4, 0.5) is 0 Å². The fourth-order valence-corrected chi connectivity index (χ4v) is 3.49. The maximum Gasteiger partial charge on any atom is 0.0875 e. The Morgan fingerprint density at radius 1 is 0.793 bits per heavy atom. The first-order valence-corrected chi connectivity index (χ1v) is 10.9. The van der Waals surface area contributed by atoms with Crippen LogP contribution in [0.25, 0.3) is 0 Å². The molecule has 0 bridgehead atoms. The molecule has 0 aliphatic heterocycles. The number of hydrogen-bond donors (Lipinski definition) is 0. The molecule has 0 fully saturated rings. The summed E-state index contributed by atoms with van der Waals surface area (Å²) in [5, 5.41) is 0. The highest BCUT2D eigenvalue weighted by molar-refractivity contribution is 5.40. The Hall–Kier alpha value is -1.86. The highest BCUT2D eigenvalue weighted by Gasteiger charge is 2.26. The standard InChI is InChI=1S/C28H40O/c1-10-26(4,5)19-20-29-28(8,9)25-17-15-24(16-18-25)27(6,7)23-13-11-22(12-14-23)21(2)3/h10-18,21H,1,19-20H2,2-9H3. The summed E-state index contributed by atoms with van der Waals surface area (Å²) in [4.78, 5) is 0. The van der Waals surface area contributed by atoms with Gasteiger partial charge in [-0.25, -0.2) is 0 Å². The third kappa shape index (κ3) is 5.82. The van der Waals surface area contributed by atoms with E-state index < -0.39 is 0 Å². The van der Waals surface area contributed by atoms with Gasteiger partial charge in [0.25, 0.3) is 0 Å². The van der Waals surface area contributed by atoms with Crippen LogP contribution in [0.3, 0.4) is 0 Å². The molecule has 0 aliphatic rings. The van der Waals surface area contributed by atoms with Gasteiger partial charge in [0.1, 0.15) is 0 Å². The van der Waals surface area contributed by atoms with Crippen molar-refractivity contribution in [3.63, 3.8) is 0 Å². The van der Waals surface area contributed by atoms with Crippen molar-refractivity contribution < 1.29 is 4.74 Å². The van der Waals surface area contributed by atoms with Crippen molar-refractivity contribution in [1.29, 1.82) is 0 Å². The summed E-state index contributed by atoms with van der Waals surface area (Å²) in [6.45, 7) is 22.4. The fraction of sp³-hybridized carbons (Fsp3) is 0.500. The molecule has 0 saturated heterocycles. The van der Waals surface area contributed by atoms with Gasteiger partial charge in [0.15, 0.2) is 0 Å². The average molecular weight is 393 g/mol. The summed E-state index contributed by atoms with van der Waals surface area (Å²) in [6, 6.07) is 18.0. The minimum Gasteiger partial charge on any atom is -0.371 e. The van der Waals surface area contributed by atoms with E-state index in [9.17, 15) is 0 Å². The zero-order chi connectivity index (χ0) is 21.9. The van der Waals surface area contributed by atoms with Crippen molar-refractivity contribution in [1.82, 2.24) is 0 Å². The molecule has 0 aromatic heterocycles. The first-order valence-electron chi connectivity index (χ1n) is 10.9. The molecule has 2 aromatic carbocycles. The zero-order valence-corrected chi connectivity index (χ0v) is 19.8. The van der Waals surface area contributed by atoms with E-state index in [4.69, 9.17) is 4.74 Å². The van der Waals surface area contributed by atoms with Gasteiger partial charge in [-0.3, -0.25) is 0 Å². The maximum absolute atomic E-state index is 6.25. The van der Waals surface area contributed by atoms with Crippen LogP contribution >= 0.6 is 0 Å². The van der Waals surface area contributed by atoms with Gasteiger partial charge in [-0.15, -0.1) is 6.58 Å². The highest BCUT2D eigenvalue weighted by atomic mass is 16.5.